The van der Waals surface area contributed by atoms with Crippen LogP contribution in [0.5, 0.6) is 0 Å². The van der Waals surface area contributed by atoms with Crippen LogP contribution in [0.3, 0.4) is 0 Å². The molecule has 0 spiro atoms. The summed E-state index contributed by atoms with van der Waals surface area (Å²) in [5, 5.41) is 24.9. The molecule has 5 heteroatoms. The van der Waals surface area contributed by atoms with E-state index in [9.17, 15) is 9.50 Å². The second kappa shape index (κ2) is 6.95. The van der Waals surface area contributed by atoms with Gasteiger partial charge in [-0.05, 0) is 34.9 Å². The lowest BCUT2D eigenvalue weighted by Gasteiger charge is -2.13. The monoisotopic (exact) mass is 300 g/mol. The van der Waals surface area contributed by atoms with Crippen LogP contribution in [0, 0.1) is 16.6 Å². The third-order valence-electron chi connectivity index (χ3n) is 3.10. The van der Waals surface area contributed by atoms with E-state index in [1.807, 2.05) is 6.07 Å². The van der Waals surface area contributed by atoms with E-state index in [1.54, 1.807) is 30.3 Å². The number of aliphatic hydroxyl groups excluding tert-OH is 1. The number of hydrogen-bond donors (Lipinski definition) is 3. The fourth-order valence-corrected chi connectivity index (χ4v) is 2.09. The fourth-order valence-electron chi connectivity index (χ4n) is 2.09. The second-order valence-corrected chi connectivity index (χ2v) is 4.93. The van der Waals surface area contributed by atoms with E-state index < -0.39 is 6.10 Å². The minimum atomic E-state index is -0.896. The Morgan fingerprint density at radius 2 is 1.82 bits per heavy atom. The average molecular weight is 300 g/mol. The Kier molecular flexibility index (Phi) is 5.01. The molecule has 1 atom stereocenters. The summed E-state index contributed by atoms with van der Waals surface area (Å²) in [6, 6.07) is 13.3. The van der Waals surface area contributed by atoms with Crippen molar-refractivity contribution < 1.29 is 14.2 Å². The summed E-state index contributed by atoms with van der Waals surface area (Å²) in [5.41, 5.74) is 2.34. The molecule has 2 aromatic rings. The van der Waals surface area contributed by atoms with Crippen LogP contribution in [-0.2, 0) is 4.74 Å². The van der Waals surface area contributed by atoms with Gasteiger partial charge in [-0.15, -0.1) is 0 Å². The maximum atomic E-state index is 13.0. The first kappa shape index (κ1) is 15.9. The van der Waals surface area contributed by atoms with Gasteiger partial charge in [-0.25, -0.2) is 4.39 Å². The largest absolute Gasteiger partial charge is 0.430 e. The van der Waals surface area contributed by atoms with Crippen LogP contribution in [0.1, 0.15) is 25.0 Å². The van der Waals surface area contributed by atoms with Gasteiger partial charge in [0, 0.05) is 6.92 Å². The first-order valence-corrected chi connectivity index (χ1v) is 6.80. The summed E-state index contributed by atoms with van der Waals surface area (Å²) in [4.78, 5) is 0. The first-order valence-electron chi connectivity index (χ1n) is 6.80. The summed E-state index contributed by atoms with van der Waals surface area (Å²) in [7, 11) is 0. The van der Waals surface area contributed by atoms with Gasteiger partial charge in [0.25, 0.3) is 0 Å². The third-order valence-corrected chi connectivity index (χ3v) is 3.10. The lowest BCUT2D eigenvalue weighted by molar-refractivity contribution is 0.180. The highest BCUT2D eigenvalue weighted by atomic mass is 19.1. The zero-order chi connectivity index (χ0) is 16.1. The standard InChI is InChI=1S/C17H17FN2O2/c1-11(19)22-17(20)10-16(21)14-4-2-3-13(9-14)12-5-7-15(18)8-6-12/h2-9,16,19-21H,10H2,1H3. The minimum absolute atomic E-state index is 0.0108. The van der Waals surface area contributed by atoms with Crippen molar-refractivity contribution in [3.05, 3.63) is 59.9 Å². The molecule has 0 saturated heterocycles. The Morgan fingerprint density at radius 3 is 2.45 bits per heavy atom. The van der Waals surface area contributed by atoms with Crippen LogP contribution in [0.4, 0.5) is 4.39 Å². The number of hydrogen-bond acceptors (Lipinski definition) is 4. The van der Waals surface area contributed by atoms with Crippen LogP contribution >= 0.6 is 0 Å². The lowest BCUT2D eigenvalue weighted by Crippen LogP contribution is -2.12. The van der Waals surface area contributed by atoms with Gasteiger partial charge in [-0.2, -0.15) is 0 Å². The van der Waals surface area contributed by atoms with Crippen molar-refractivity contribution >= 4 is 11.8 Å². The topological polar surface area (TPSA) is 77.2 Å². The molecule has 2 rings (SSSR count). The van der Waals surface area contributed by atoms with Crippen LogP contribution in [0.15, 0.2) is 48.5 Å². The highest BCUT2D eigenvalue weighted by molar-refractivity contribution is 5.87. The van der Waals surface area contributed by atoms with Crippen molar-refractivity contribution in [3.63, 3.8) is 0 Å². The summed E-state index contributed by atoms with van der Waals surface area (Å²) < 4.78 is 17.8. The summed E-state index contributed by atoms with van der Waals surface area (Å²) >= 11 is 0. The molecule has 0 aliphatic carbocycles. The van der Waals surface area contributed by atoms with E-state index in [0.717, 1.165) is 11.1 Å². The molecule has 4 nitrogen and oxygen atoms in total. The van der Waals surface area contributed by atoms with Gasteiger partial charge in [0.15, 0.2) is 11.8 Å². The minimum Gasteiger partial charge on any atom is -0.430 e. The van der Waals surface area contributed by atoms with Crippen LogP contribution in [0.25, 0.3) is 11.1 Å². The van der Waals surface area contributed by atoms with Gasteiger partial charge in [0.05, 0.1) is 12.5 Å². The van der Waals surface area contributed by atoms with E-state index in [1.165, 1.54) is 19.1 Å². The quantitative estimate of drug-likeness (QED) is 0.591. The Balaban J connectivity index is 2.15. The van der Waals surface area contributed by atoms with Crippen molar-refractivity contribution in [1.29, 1.82) is 10.8 Å². The molecule has 2 aromatic carbocycles. The van der Waals surface area contributed by atoms with Gasteiger partial charge >= 0.3 is 0 Å². The maximum Gasteiger partial charge on any atom is 0.191 e. The van der Waals surface area contributed by atoms with Gasteiger partial charge < -0.3 is 9.84 Å². The lowest BCUT2D eigenvalue weighted by atomic mass is 9.99. The number of benzene rings is 2. The molecule has 0 fully saturated rings. The molecule has 0 aliphatic rings. The maximum absolute atomic E-state index is 13.0. The number of nitrogens with one attached hydrogen (secondary N) is 2. The first-order chi connectivity index (χ1) is 10.5. The Morgan fingerprint density at radius 1 is 1.14 bits per heavy atom. The second-order valence-electron chi connectivity index (χ2n) is 4.93. The molecule has 0 saturated carbocycles. The SMILES string of the molecule is CC(=N)OC(=N)CC(O)c1cccc(-c2ccc(F)cc2)c1. The molecule has 0 amide bonds. The van der Waals surface area contributed by atoms with Crippen LogP contribution < -0.4 is 0 Å². The number of rotatable bonds is 4. The van der Waals surface area contributed by atoms with Gasteiger partial charge in [-0.1, -0.05) is 30.3 Å². The van der Waals surface area contributed by atoms with E-state index in [4.69, 9.17) is 15.6 Å². The van der Waals surface area contributed by atoms with Crippen LogP contribution in [0.2, 0.25) is 0 Å². The predicted molar refractivity (Wildman–Crippen MR) is 83.6 cm³/mol. The molecule has 114 valence electrons. The van der Waals surface area contributed by atoms with E-state index in [2.05, 4.69) is 0 Å². The van der Waals surface area contributed by atoms with Gasteiger partial charge in [-0.3, -0.25) is 10.8 Å². The fraction of sp³-hybridized carbons (Fsp3) is 0.176. The van der Waals surface area contributed by atoms with Gasteiger partial charge in [0.1, 0.15) is 5.82 Å². The van der Waals surface area contributed by atoms with Crippen molar-refractivity contribution in [2.24, 2.45) is 0 Å². The normalized spacial score (nSPS) is 11.8. The average Bonchev–Trinajstić information content (AvgIpc) is 2.47. The molecule has 0 radical (unpaired) electrons. The van der Waals surface area contributed by atoms with Crippen LogP contribution in [-0.4, -0.2) is 16.9 Å². The summed E-state index contributed by atoms with van der Waals surface area (Å²) in [5.74, 6) is -0.544. The Bertz CT molecular complexity index is 683. The van der Waals surface area contributed by atoms with Crippen molar-refractivity contribution in [1.82, 2.24) is 0 Å². The third kappa shape index (κ3) is 4.23. The Labute approximate surface area is 128 Å². The molecule has 0 heterocycles. The Hall–Kier alpha value is -2.53. The number of ether oxygens (including phenoxy) is 1. The zero-order valence-electron chi connectivity index (χ0n) is 12.1. The summed E-state index contributed by atoms with van der Waals surface area (Å²) in [6.07, 6.45) is -0.907. The highest BCUT2D eigenvalue weighted by Crippen LogP contribution is 2.25. The number of halogens is 1. The van der Waals surface area contributed by atoms with Crippen molar-refractivity contribution in [3.8, 4) is 11.1 Å². The van der Waals surface area contributed by atoms with E-state index in [0.29, 0.717) is 5.56 Å². The highest BCUT2D eigenvalue weighted by Gasteiger charge is 2.13. The molecular weight excluding hydrogens is 283 g/mol. The van der Waals surface area contributed by atoms with Gasteiger partial charge in [0.2, 0.25) is 0 Å². The van der Waals surface area contributed by atoms with Crippen molar-refractivity contribution in [2.45, 2.75) is 19.4 Å². The molecule has 1 unspecified atom stereocenters. The molecule has 0 aliphatic heterocycles. The van der Waals surface area contributed by atoms with E-state index in [-0.39, 0.29) is 24.0 Å². The molecule has 0 bridgehead atoms. The van der Waals surface area contributed by atoms with E-state index >= 15 is 0 Å². The van der Waals surface area contributed by atoms with Crippen molar-refractivity contribution in [2.75, 3.05) is 0 Å². The summed E-state index contributed by atoms with van der Waals surface area (Å²) in [6.45, 7) is 1.43. The zero-order valence-corrected chi connectivity index (χ0v) is 12.1. The molecule has 22 heavy (non-hydrogen) atoms. The molecule has 0 aromatic heterocycles. The smallest absolute Gasteiger partial charge is 0.191 e. The number of aliphatic hydroxyl groups is 1. The molecular formula is C17H17FN2O2. The predicted octanol–water partition coefficient (Wildman–Crippen LogP) is 3.91. The molecule has 3 N–H and O–H groups in total.